The SMILES string of the molecule is CCCC(C)CC(=O)C1CCCC(CC)C1. The second-order valence-corrected chi connectivity index (χ2v) is 5.70. The number of hydrogen-bond donors (Lipinski definition) is 0. The van der Waals surface area contributed by atoms with Crippen molar-refractivity contribution in [3.05, 3.63) is 0 Å². The summed E-state index contributed by atoms with van der Waals surface area (Å²) in [5.74, 6) is 2.38. The Labute approximate surface area is 101 Å². The molecular formula is C15H28O. The van der Waals surface area contributed by atoms with Crippen molar-refractivity contribution in [2.24, 2.45) is 17.8 Å². The minimum Gasteiger partial charge on any atom is -0.299 e. The molecule has 0 aliphatic heterocycles. The molecule has 0 heterocycles. The summed E-state index contributed by atoms with van der Waals surface area (Å²) in [6.07, 6.45) is 9.46. The number of ketones is 1. The Hall–Kier alpha value is -0.330. The van der Waals surface area contributed by atoms with Gasteiger partial charge in [-0.3, -0.25) is 4.79 Å². The largest absolute Gasteiger partial charge is 0.299 e. The molecule has 0 amide bonds. The van der Waals surface area contributed by atoms with Gasteiger partial charge in [0.1, 0.15) is 5.78 Å². The summed E-state index contributed by atoms with van der Waals surface area (Å²) in [6, 6.07) is 0. The summed E-state index contributed by atoms with van der Waals surface area (Å²) in [5, 5.41) is 0. The number of hydrogen-bond acceptors (Lipinski definition) is 1. The third-order valence-electron chi connectivity index (χ3n) is 4.15. The van der Waals surface area contributed by atoms with E-state index in [0.29, 0.717) is 17.6 Å². The Morgan fingerprint density at radius 3 is 2.69 bits per heavy atom. The van der Waals surface area contributed by atoms with E-state index in [1.54, 1.807) is 0 Å². The van der Waals surface area contributed by atoms with Crippen molar-refractivity contribution in [3.63, 3.8) is 0 Å². The van der Waals surface area contributed by atoms with Crippen LogP contribution in [0.3, 0.4) is 0 Å². The van der Waals surface area contributed by atoms with Crippen LogP contribution in [0, 0.1) is 17.8 Å². The zero-order chi connectivity index (χ0) is 12.0. The van der Waals surface area contributed by atoms with Crippen LogP contribution in [0.5, 0.6) is 0 Å². The zero-order valence-electron chi connectivity index (χ0n) is 11.3. The molecule has 0 spiro atoms. The second-order valence-electron chi connectivity index (χ2n) is 5.70. The Bertz CT molecular complexity index is 209. The van der Waals surface area contributed by atoms with Gasteiger partial charge in [0.2, 0.25) is 0 Å². The Kier molecular flexibility index (Phi) is 6.08. The molecule has 1 aliphatic rings. The van der Waals surface area contributed by atoms with Gasteiger partial charge in [-0.2, -0.15) is 0 Å². The first kappa shape index (κ1) is 13.7. The smallest absolute Gasteiger partial charge is 0.136 e. The molecule has 0 radical (unpaired) electrons. The summed E-state index contributed by atoms with van der Waals surface area (Å²) in [7, 11) is 0. The van der Waals surface area contributed by atoms with Gasteiger partial charge < -0.3 is 0 Å². The van der Waals surface area contributed by atoms with Gasteiger partial charge >= 0.3 is 0 Å². The normalized spacial score (nSPS) is 27.7. The van der Waals surface area contributed by atoms with Gasteiger partial charge in [-0.1, -0.05) is 52.9 Å². The van der Waals surface area contributed by atoms with Crippen molar-refractivity contribution in [3.8, 4) is 0 Å². The van der Waals surface area contributed by atoms with Gasteiger partial charge in [0.05, 0.1) is 0 Å². The van der Waals surface area contributed by atoms with Crippen molar-refractivity contribution in [1.82, 2.24) is 0 Å². The van der Waals surface area contributed by atoms with E-state index in [4.69, 9.17) is 0 Å². The number of rotatable bonds is 6. The Morgan fingerprint density at radius 2 is 2.06 bits per heavy atom. The predicted octanol–water partition coefficient (Wildman–Crippen LogP) is 4.60. The van der Waals surface area contributed by atoms with Crippen LogP contribution >= 0.6 is 0 Å². The van der Waals surface area contributed by atoms with Crippen LogP contribution in [0.15, 0.2) is 0 Å². The van der Waals surface area contributed by atoms with Gasteiger partial charge in [0, 0.05) is 12.3 Å². The third kappa shape index (κ3) is 4.27. The summed E-state index contributed by atoms with van der Waals surface area (Å²) < 4.78 is 0. The van der Waals surface area contributed by atoms with Gasteiger partial charge in [0.25, 0.3) is 0 Å². The monoisotopic (exact) mass is 224 g/mol. The highest BCUT2D eigenvalue weighted by Gasteiger charge is 2.26. The maximum atomic E-state index is 12.1. The zero-order valence-corrected chi connectivity index (χ0v) is 11.3. The van der Waals surface area contributed by atoms with Crippen LogP contribution in [0.2, 0.25) is 0 Å². The van der Waals surface area contributed by atoms with E-state index in [0.717, 1.165) is 18.8 Å². The summed E-state index contributed by atoms with van der Waals surface area (Å²) in [5.41, 5.74) is 0. The molecular weight excluding hydrogens is 196 g/mol. The van der Waals surface area contributed by atoms with Gasteiger partial charge in [0.15, 0.2) is 0 Å². The van der Waals surface area contributed by atoms with Crippen molar-refractivity contribution in [2.45, 2.75) is 72.1 Å². The Balaban J connectivity index is 2.35. The molecule has 0 bridgehead atoms. The summed E-state index contributed by atoms with van der Waals surface area (Å²) >= 11 is 0. The highest BCUT2D eigenvalue weighted by molar-refractivity contribution is 5.81. The molecule has 1 aliphatic carbocycles. The van der Waals surface area contributed by atoms with E-state index in [-0.39, 0.29) is 0 Å². The molecule has 1 rings (SSSR count). The lowest BCUT2D eigenvalue weighted by Crippen LogP contribution is -2.24. The minimum atomic E-state index is 0.401. The van der Waals surface area contributed by atoms with E-state index in [1.807, 2.05) is 0 Å². The van der Waals surface area contributed by atoms with Crippen LogP contribution in [0.4, 0.5) is 0 Å². The lowest BCUT2D eigenvalue weighted by molar-refractivity contribution is -0.125. The van der Waals surface area contributed by atoms with Gasteiger partial charge in [-0.15, -0.1) is 0 Å². The predicted molar refractivity (Wildman–Crippen MR) is 69.4 cm³/mol. The average Bonchev–Trinajstić information content (AvgIpc) is 2.29. The third-order valence-corrected chi connectivity index (χ3v) is 4.15. The highest BCUT2D eigenvalue weighted by atomic mass is 16.1. The first-order valence-corrected chi connectivity index (χ1v) is 7.20. The fourth-order valence-electron chi connectivity index (χ4n) is 3.06. The molecule has 3 atom stereocenters. The standard InChI is InChI=1S/C15H28O/c1-4-7-12(3)10-15(16)14-9-6-8-13(5-2)11-14/h12-14H,4-11H2,1-3H3. The number of Topliss-reactive ketones (excluding diaryl/α,β-unsaturated/α-hetero) is 1. The first-order valence-electron chi connectivity index (χ1n) is 7.20. The average molecular weight is 224 g/mol. The fraction of sp³-hybridized carbons (Fsp3) is 0.933. The molecule has 1 nitrogen and oxygen atoms in total. The molecule has 0 N–H and O–H groups in total. The van der Waals surface area contributed by atoms with E-state index >= 15 is 0 Å². The molecule has 1 heteroatoms. The molecule has 0 aromatic carbocycles. The lowest BCUT2D eigenvalue weighted by Gasteiger charge is -2.28. The molecule has 16 heavy (non-hydrogen) atoms. The molecule has 0 aromatic rings. The summed E-state index contributed by atoms with van der Waals surface area (Å²) in [6.45, 7) is 6.69. The topological polar surface area (TPSA) is 17.1 Å². The highest BCUT2D eigenvalue weighted by Crippen LogP contribution is 2.32. The number of carbonyl (C=O) groups excluding carboxylic acids is 1. The first-order chi connectivity index (χ1) is 7.67. The van der Waals surface area contributed by atoms with E-state index < -0.39 is 0 Å². The van der Waals surface area contributed by atoms with Gasteiger partial charge in [-0.05, 0) is 24.7 Å². The fourth-order valence-corrected chi connectivity index (χ4v) is 3.06. The van der Waals surface area contributed by atoms with Crippen LogP contribution in [-0.4, -0.2) is 5.78 Å². The maximum absolute atomic E-state index is 12.1. The van der Waals surface area contributed by atoms with E-state index in [9.17, 15) is 4.79 Å². The van der Waals surface area contributed by atoms with E-state index in [2.05, 4.69) is 20.8 Å². The quantitative estimate of drug-likeness (QED) is 0.644. The molecule has 1 fully saturated rings. The van der Waals surface area contributed by atoms with Crippen molar-refractivity contribution >= 4 is 5.78 Å². The molecule has 0 saturated heterocycles. The van der Waals surface area contributed by atoms with Gasteiger partial charge in [-0.25, -0.2) is 0 Å². The van der Waals surface area contributed by atoms with Crippen LogP contribution in [0.25, 0.3) is 0 Å². The lowest BCUT2D eigenvalue weighted by atomic mass is 9.76. The summed E-state index contributed by atoms with van der Waals surface area (Å²) in [4.78, 5) is 12.1. The van der Waals surface area contributed by atoms with E-state index in [1.165, 1.54) is 38.5 Å². The van der Waals surface area contributed by atoms with Crippen LogP contribution in [-0.2, 0) is 4.79 Å². The van der Waals surface area contributed by atoms with Crippen LogP contribution < -0.4 is 0 Å². The minimum absolute atomic E-state index is 0.401. The van der Waals surface area contributed by atoms with Crippen molar-refractivity contribution < 1.29 is 4.79 Å². The maximum Gasteiger partial charge on any atom is 0.136 e. The second kappa shape index (κ2) is 7.09. The molecule has 0 aromatic heterocycles. The molecule has 94 valence electrons. The molecule has 1 saturated carbocycles. The van der Waals surface area contributed by atoms with Crippen molar-refractivity contribution in [2.75, 3.05) is 0 Å². The Morgan fingerprint density at radius 1 is 1.31 bits per heavy atom. The number of carbonyl (C=O) groups is 1. The van der Waals surface area contributed by atoms with Crippen molar-refractivity contribution in [1.29, 1.82) is 0 Å². The van der Waals surface area contributed by atoms with Crippen LogP contribution in [0.1, 0.15) is 72.1 Å². The molecule has 3 unspecified atom stereocenters.